The van der Waals surface area contributed by atoms with Crippen molar-refractivity contribution in [2.75, 3.05) is 40.0 Å². The highest BCUT2D eigenvalue weighted by Crippen LogP contribution is 2.36. The Hall–Kier alpha value is -2.77. The molecule has 2 heterocycles. The van der Waals surface area contributed by atoms with Crippen molar-refractivity contribution in [2.24, 2.45) is 5.92 Å². The molecule has 0 bridgehead atoms. The average molecular weight is 470 g/mol. The molecule has 4 rings (SSSR count). The van der Waals surface area contributed by atoms with Crippen molar-refractivity contribution in [1.82, 2.24) is 4.90 Å². The van der Waals surface area contributed by atoms with E-state index in [2.05, 4.69) is 11.8 Å². The third kappa shape index (κ3) is 6.21. The first-order valence-electron chi connectivity index (χ1n) is 12.1. The summed E-state index contributed by atoms with van der Waals surface area (Å²) in [5.74, 6) is 2.68. The molecule has 7 nitrogen and oxygen atoms in total. The normalized spacial score (nSPS) is 19.4. The highest BCUT2D eigenvalue weighted by atomic mass is 16.6. The van der Waals surface area contributed by atoms with Crippen LogP contribution in [-0.2, 0) is 4.79 Å². The zero-order chi connectivity index (χ0) is 23.9. The number of methoxy groups -OCH3 is 1. The molecule has 34 heavy (non-hydrogen) atoms. The van der Waals surface area contributed by atoms with E-state index in [1.165, 1.54) is 0 Å². The van der Waals surface area contributed by atoms with Crippen LogP contribution in [0.4, 0.5) is 0 Å². The monoisotopic (exact) mass is 469 g/mol. The van der Waals surface area contributed by atoms with Crippen LogP contribution in [0.5, 0.6) is 23.0 Å². The molecule has 1 fully saturated rings. The Labute approximate surface area is 201 Å². The molecule has 0 spiro atoms. The Kier molecular flexibility index (Phi) is 8.29. The first-order chi connectivity index (χ1) is 16.5. The minimum Gasteiger partial charge on any atom is -0.497 e. The summed E-state index contributed by atoms with van der Waals surface area (Å²) in [6.45, 7) is 5.22. The predicted octanol–water partition coefficient (Wildman–Crippen LogP) is 4.03. The summed E-state index contributed by atoms with van der Waals surface area (Å²) in [7, 11) is 1.62. The summed E-state index contributed by atoms with van der Waals surface area (Å²) < 4.78 is 22.2. The molecule has 2 aromatic carbocycles. The van der Waals surface area contributed by atoms with Crippen molar-refractivity contribution in [2.45, 2.75) is 44.8 Å². The van der Waals surface area contributed by atoms with Gasteiger partial charge in [0.2, 0.25) is 0 Å². The molecule has 0 aromatic heterocycles. The standard InChI is InChI=1S/C27H35NO6/c1-19-4-3-12-28(19)18-21(27(30)20-5-10-25-26(17-20)34-15-14-33-25)16-22(29)11-13-32-24-8-6-23(31-2)7-9-24/h5-10,17,19,21,27,30H,3-4,11-16,18H2,1-2H3/t19-,21-,27+/m1/s1. The van der Waals surface area contributed by atoms with Gasteiger partial charge in [0, 0.05) is 31.3 Å². The van der Waals surface area contributed by atoms with Crippen molar-refractivity contribution in [3.05, 3.63) is 48.0 Å². The van der Waals surface area contributed by atoms with E-state index in [4.69, 9.17) is 18.9 Å². The molecule has 0 amide bonds. The second kappa shape index (κ2) is 11.6. The zero-order valence-corrected chi connectivity index (χ0v) is 20.1. The Morgan fingerprint density at radius 3 is 2.56 bits per heavy atom. The van der Waals surface area contributed by atoms with Gasteiger partial charge in [-0.1, -0.05) is 6.07 Å². The van der Waals surface area contributed by atoms with E-state index < -0.39 is 6.10 Å². The van der Waals surface area contributed by atoms with E-state index in [1.807, 2.05) is 42.5 Å². The molecule has 2 aliphatic heterocycles. The van der Waals surface area contributed by atoms with Crippen LogP contribution in [0.15, 0.2) is 42.5 Å². The van der Waals surface area contributed by atoms with Gasteiger partial charge in [-0.15, -0.1) is 0 Å². The number of carbonyl (C=O) groups is 1. The van der Waals surface area contributed by atoms with Gasteiger partial charge in [-0.05, 0) is 68.3 Å². The topological polar surface area (TPSA) is 77.5 Å². The first kappa shape index (κ1) is 24.4. The van der Waals surface area contributed by atoms with Crippen LogP contribution in [-0.4, -0.2) is 61.9 Å². The number of likely N-dealkylation sites (tertiary alicyclic amines) is 1. The molecule has 7 heteroatoms. The maximum atomic E-state index is 12.9. The number of ether oxygens (including phenoxy) is 4. The summed E-state index contributed by atoms with van der Waals surface area (Å²) in [6.07, 6.45) is 2.13. The van der Waals surface area contributed by atoms with Gasteiger partial charge in [0.05, 0.1) is 19.8 Å². The summed E-state index contributed by atoms with van der Waals surface area (Å²) in [5, 5.41) is 11.3. The third-order valence-corrected chi connectivity index (χ3v) is 6.71. The lowest BCUT2D eigenvalue weighted by Gasteiger charge is -2.30. The summed E-state index contributed by atoms with van der Waals surface area (Å²) in [5.41, 5.74) is 0.753. The van der Waals surface area contributed by atoms with Crippen LogP contribution in [0, 0.1) is 5.92 Å². The quantitative estimate of drug-likeness (QED) is 0.532. The first-order valence-corrected chi connectivity index (χ1v) is 12.1. The van der Waals surface area contributed by atoms with Gasteiger partial charge in [0.25, 0.3) is 0 Å². The summed E-state index contributed by atoms with van der Waals surface area (Å²) >= 11 is 0. The lowest BCUT2D eigenvalue weighted by Crippen LogP contribution is -2.35. The Morgan fingerprint density at radius 1 is 1.12 bits per heavy atom. The number of hydrogen-bond acceptors (Lipinski definition) is 7. The molecule has 2 aliphatic rings. The molecule has 184 valence electrons. The Balaban J connectivity index is 1.38. The van der Waals surface area contributed by atoms with E-state index in [0.29, 0.717) is 62.5 Å². The van der Waals surface area contributed by atoms with Crippen molar-refractivity contribution < 1.29 is 28.8 Å². The van der Waals surface area contributed by atoms with Gasteiger partial charge in [-0.25, -0.2) is 0 Å². The van der Waals surface area contributed by atoms with Crippen LogP contribution in [0.3, 0.4) is 0 Å². The number of fused-ring (bicyclic) bond motifs is 1. The molecule has 1 N–H and O–H groups in total. The van der Waals surface area contributed by atoms with Gasteiger partial charge >= 0.3 is 0 Å². The second-order valence-corrected chi connectivity index (χ2v) is 9.11. The van der Waals surface area contributed by atoms with E-state index >= 15 is 0 Å². The van der Waals surface area contributed by atoms with Crippen molar-refractivity contribution in [3.63, 3.8) is 0 Å². The van der Waals surface area contributed by atoms with Crippen LogP contribution < -0.4 is 18.9 Å². The molecule has 2 aromatic rings. The van der Waals surface area contributed by atoms with Crippen LogP contribution in [0.1, 0.15) is 44.3 Å². The van der Waals surface area contributed by atoms with E-state index in [1.54, 1.807) is 7.11 Å². The number of aliphatic hydroxyl groups excluding tert-OH is 1. The molecule has 1 saturated heterocycles. The van der Waals surface area contributed by atoms with Crippen molar-refractivity contribution in [3.8, 4) is 23.0 Å². The van der Waals surface area contributed by atoms with E-state index in [9.17, 15) is 9.90 Å². The molecular formula is C27H35NO6. The van der Waals surface area contributed by atoms with Crippen LogP contribution in [0.25, 0.3) is 0 Å². The van der Waals surface area contributed by atoms with Gasteiger partial charge in [-0.3, -0.25) is 4.79 Å². The maximum absolute atomic E-state index is 12.9. The fourth-order valence-corrected chi connectivity index (χ4v) is 4.71. The Bertz CT molecular complexity index is 947. The number of nitrogens with zero attached hydrogens (tertiary/aromatic N) is 1. The molecule has 0 radical (unpaired) electrons. The number of aliphatic hydroxyl groups is 1. The number of ketones is 1. The average Bonchev–Trinajstić information content (AvgIpc) is 3.27. The molecule has 0 saturated carbocycles. The fourth-order valence-electron chi connectivity index (χ4n) is 4.71. The molecule has 0 aliphatic carbocycles. The van der Waals surface area contributed by atoms with Gasteiger partial charge in [0.15, 0.2) is 11.5 Å². The summed E-state index contributed by atoms with van der Waals surface area (Å²) in [4.78, 5) is 15.3. The predicted molar refractivity (Wildman–Crippen MR) is 129 cm³/mol. The molecule has 3 atom stereocenters. The zero-order valence-electron chi connectivity index (χ0n) is 20.1. The second-order valence-electron chi connectivity index (χ2n) is 9.11. The fraction of sp³-hybridized carbons (Fsp3) is 0.519. The lowest BCUT2D eigenvalue weighted by atomic mass is 9.89. The number of rotatable bonds is 11. The number of hydrogen-bond donors (Lipinski definition) is 1. The third-order valence-electron chi connectivity index (χ3n) is 6.71. The van der Waals surface area contributed by atoms with Gasteiger partial charge in [-0.2, -0.15) is 0 Å². The summed E-state index contributed by atoms with van der Waals surface area (Å²) in [6, 6.07) is 13.3. The Morgan fingerprint density at radius 2 is 1.85 bits per heavy atom. The van der Waals surface area contributed by atoms with Crippen LogP contribution in [0.2, 0.25) is 0 Å². The van der Waals surface area contributed by atoms with Gasteiger partial charge < -0.3 is 29.0 Å². The van der Waals surface area contributed by atoms with Crippen molar-refractivity contribution in [1.29, 1.82) is 0 Å². The van der Waals surface area contributed by atoms with Crippen LogP contribution >= 0.6 is 0 Å². The maximum Gasteiger partial charge on any atom is 0.161 e. The molecule has 0 unspecified atom stereocenters. The minimum absolute atomic E-state index is 0.0851. The smallest absolute Gasteiger partial charge is 0.161 e. The highest BCUT2D eigenvalue weighted by Gasteiger charge is 2.30. The largest absolute Gasteiger partial charge is 0.497 e. The highest BCUT2D eigenvalue weighted by molar-refractivity contribution is 5.78. The van der Waals surface area contributed by atoms with E-state index in [-0.39, 0.29) is 11.7 Å². The number of carbonyl (C=O) groups excluding carboxylic acids is 1. The number of Topliss-reactive ketones (excluding diaryl/α,β-unsaturated/α-hetero) is 1. The molecular weight excluding hydrogens is 434 g/mol. The number of benzene rings is 2. The lowest BCUT2D eigenvalue weighted by molar-refractivity contribution is -0.121. The van der Waals surface area contributed by atoms with Crippen molar-refractivity contribution >= 4 is 5.78 Å². The van der Waals surface area contributed by atoms with E-state index in [0.717, 1.165) is 30.7 Å². The minimum atomic E-state index is -0.768. The van der Waals surface area contributed by atoms with Gasteiger partial charge in [0.1, 0.15) is 30.5 Å². The SMILES string of the molecule is COc1ccc(OCCC(=O)C[C@H](CN2CCC[C@H]2C)[C@@H](O)c2ccc3c(c2)OCCO3)cc1.